The molecule has 0 saturated heterocycles. The predicted octanol–water partition coefficient (Wildman–Crippen LogP) is 2.49. The first kappa shape index (κ1) is 11.4. The van der Waals surface area contributed by atoms with E-state index < -0.39 is 6.61 Å². The lowest BCUT2D eigenvalue weighted by molar-refractivity contribution is -0.0497. The molecule has 1 aromatic carbocycles. The van der Waals surface area contributed by atoms with Crippen LogP contribution in [0.4, 0.5) is 14.5 Å². The van der Waals surface area contributed by atoms with Gasteiger partial charge in [0.25, 0.3) is 0 Å². The second-order valence-electron chi connectivity index (χ2n) is 3.53. The molecule has 0 amide bonds. The average Bonchev–Trinajstić information content (AvgIpc) is 2.55. The molecule has 0 bridgehead atoms. The zero-order chi connectivity index (χ0) is 12.6. The lowest BCUT2D eigenvalue weighted by atomic mass is 10.2. The van der Waals surface area contributed by atoms with Crippen molar-refractivity contribution < 1.29 is 18.3 Å². The average molecular weight is 240 g/mol. The van der Waals surface area contributed by atoms with Crippen molar-refractivity contribution in [1.29, 1.82) is 0 Å². The van der Waals surface area contributed by atoms with Crippen LogP contribution in [0.1, 0.15) is 11.7 Å². The molecule has 0 aliphatic heterocycles. The van der Waals surface area contributed by atoms with Gasteiger partial charge in [0.15, 0.2) is 0 Å². The summed E-state index contributed by atoms with van der Waals surface area (Å²) in [4.78, 5) is 11.3. The van der Waals surface area contributed by atoms with E-state index in [2.05, 4.69) is 4.74 Å². The molecule has 1 aromatic heterocycles. The molecule has 6 heteroatoms. The fourth-order valence-corrected chi connectivity index (χ4v) is 1.67. The van der Waals surface area contributed by atoms with Gasteiger partial charge in [-0.05, 0) is 12.1 Å². The molecule has 0 radical (unpaired) electrons. The SMILES string of the molecule is CC(=O)n1cc(N)c2ccc(OC(F)F)cc21. The summed E-state index contributed by atoms with van der Waals surface area (Å²) in [6.45, 7) is -1.54. The number of ether oxygens (including phenoxy) is 1. The van der Waals surface area contributed by atoms with Crippen LogP contribution in [0, 0.1) is 0 Å². The molecule has 2 aromatic rings. The largest absolute Gasteiger partial charge is 0.435 e. The minimum Gasteiger partial charge on any atom is -0.435 e. The van der Waals surface area contributed by atoms with Crippen LogP contribution in [0.2, 0.25) is 0 Å². The number of nitrogens with two attached hydrogens (primary N) is 1. The van der Waals surface area contributed by atoms with Gasteiger partial charge in [-0.25, -0.2) is 0 Å². The normalized spacial score (nSPS) is 11.1. The van der Waals surface area contributed by atoms with Gasteiger partial charge in [-0.1, -0.05) is 0 Å². The summed E-state index contributed by atoms with van der Waals surface area (Å²) in [6.07, 6.45) is 1.46. The van der Waals surface area contributed by atoms with E-state index >= 15 is 0 Å². The lowest BCUT2D eigenvalue weighted by Crippen LogP contribution is -2.04. The molecule has 0 unspecified atom stereocenters. The maximum Gasteiger partial charge on any atom is 0.387 e. The molecule has 0 spiro atoms. The summed E-state index contributed by atoms with van der Waals surface area (Å²) in [5.74, 6) is -0.256. The summed E-state index contributed by atoms with van der Waals surface area (Å²) in [6, 6.07) is 4.29. The Balaban J connectivity index is 2.58. The predicted molar refractivity (Wildman–Crippen MR) is 59.3 cm³/mol. The molecular formula is C11H10F2N2O2. The van der Waals surface area contributed by atoms with Crippen LogP contribution < -0.4 is 10.5 Å². The van der Waals surface area contributed by atoms with Gasteiger partial charge in [0.1, 0.15) is 5.75 Å². The molecule has 1 heterocycles. The number of carbonyl (C=O) groups excluding carboxylic acids is 1. The van der Waals surface area contributed by atoms with Gasteiger partial charge in [0.05, 0.1) is 11.2 Å². The molecule has 4 nitrogen and oxygen atoms in total. The van der Waals surface area contributed by atoms with E-state index in [1.807, 2.05) is 0 Å². The van der Waals surface area contributed by atoms with Crippen molar-refractivity contribution in [1.82, 2.24) is 4.57 Å². The highest BCUT2D eigenvalue weighted by Gasteiger charge is 2.11. The Morgan fingerprint density at radius 2 is 2.18 bits per heavy atom. The first-order valence-corrected chi connectivity index (χ1v) is 4.85. The summed E-state index contributed by atoms with van der Waals surface area (Å²) in [7, 11) is 0. The first-order chi connectivity index (χ1) is 7.99. The monoisotopic (exact) mass is 240 g/mol. The summed E-state index contributed by atoms with van der Waals surface area (Å²) >= 11 is 0. The van der Waals surface area contributed by atoms with E-state index in [0.29, 0.717) is 16.6 Å². The van der Waals surface area contributed by atoms with Crippen LogP contribution in [0.25, 0.3) is 10.9 Å². The molecule has 0 aliphatic rings. The number of hydrogen-bond donors (Lipinski definition) is 1. The molecule has 17 heavy (non-hydrogen) atoms. The number of fused-ring (bicyclic) bond motifs is 1. The number of nitrogen functional groups attached to an aromatic ring is 1. The van der Waals surface area contributed by atoms with Crippen molar-refractivity contribution in [3.05, 3.63) is 24.4 Å². The van der Waals surface area contributed by atoms with Gasteiger partial charge in [-0.2, -0.15) is 8.78 Å². The van der Waals surface area contributed by atoms with E-state index in [9.17, 15) is 13.6 Å². The number of carbonyl (C=O) groups is 1. The van der Waals surface area contributed by atoms with E-state index in [4.69, 9.17) is 5.73 Å². The molecule has 0 fully saturated rings. The quantitative estimate of drug-likeness (QED) is 0.877. The second kappa shape index (κ2) is 4.04. The third-order valence-electron chi connectivity index (χ3n) is 2.37. The molecule has 0 atom stereocenters. The summed E-state index contributed by atoms with van der Waals surface area (Å²) in [5.41, 5.74) is 6.57. The van der Waals surface area contributed by atoms with Crippen molar-refractivity contribution in [2.24, 2.45) is 0 Å². The third kappa shape index (κ3) is 2.06. The van der Waals surface area contributed by atoms with E-state index in [0.717, 1.165) is 0 Å². The number of nitrogens with zero attached hydrogens (tertiary/aromatic N) is 1. The van der Waals surface area contributed by atoms with Gasteiger partial charge < -0.3 is 10.5 Å². The molecule has 90 valence electrons. The van der Waals surface area contributed by atoms with Crippen LogP contribution in [0.15, 0.2) is 24.4 Å². The second-order valence-corrected chi connectivity index (χ2v) is 3.53. The number of aromatic nitrogens is 1. The Bertz CT molecular complexity index is 578. The van der Waals surface area contributed by atoms with Gasteiger partial charge in [0, 0.05) is 24.6 Å². The van der Waals surface area contributed by atoms with Gasteiger partial charge in [-0.3, -0.25) is 9.36 Å². The van der Waals surface area contributed by atoms with Crippen molar-refractivity contribution in [3.8, 4) is 5.75 Å². The zero-order valence-electron chi connectivity index (χ0n) is 8.98. The first-order valence-electron chi connectivity index (χ1n) is 4.85. The maximum absolute atomic E-state index is 12.1. The van der Waals surface area contributed by atoms with Crippen LogP contribution in [-0.2, 0) is 0 Å². The number of alkyl halides is 2. The highest BCUT2D eigenvalue weighted by molar-refractivity contribution is 5.99. The highest BCUT2D eigenvalue weighted by atomic mass is 19.3. The standard InChI is InChI=1S/C11H10F2N2O2/c1-6(16)15-5-9(14)8-3-2-7(4-10(8)15)17-11(12)13/h2-5,11H,14H2,1H3. The number of benzene rings is 1. The fraction of sp³-hybridized carbons (Fsp3) is 0.182. The minimum absolute atomic E-state index is 0.00639. The van der Waals surface area contributed by atoms with Gasteiger partial charge in [0.2, 0.25) is 5.91 Å². The Morgan fingerprint density at radius 3 is 2.76 bits per heavy atom. The molecular weight excluding hydrogens is 230 g/mol. The summed E-state index contributed by atoms with van der Waals surface area (Å²) in [5, 5.41) is 0.627. The number of halogens is 2. The van der Waals surface area contributed by atoms with Crippen LogP contribution in [0.5, 0.6) is 5.75 Å². The Kier molecular flexibility index (Phi) is 2.71. The number of rotatable bonds is 2. The summed E-state index contributed by atoms with van der Waals surface area (Å²) < 4.78 is 29.7. The Labute approximate surface area is 95.6 Å². The number of hydrogen-bond acceptors (Lipinski definition) is 3. The van der Waals surface area contributed by atoms with E-state index in [1.54, 1.807) is 6.07 Å². The van der Waals surface area contributed by atoms with Gasteiger partial charge >= 0.3 is 6.61 Å². The smallest absolute Gasteiger partial charge is 0.387 e. The van der Waals surface area contributed by atoms with Gasteiger partial charge in [-0.15, -0.1) is 0 Å². The van der Waals surface area contributed by atoms with Crippen molar-refractivity contribution in [3.63, 3.8) is 0 Å². The minimum atomic E-state index is -2.90. The topological polar surface area (TPSA) is 57.2 Å². The zero-order valence-corrected chi connectivity index (χ0v) is 8.98. The van der Waals surface area contributed by atoms with E-state index in [-0.39, 0.29) is 11.7 Å². The van der Waals surface area contributed by atoms with Crippen molar-refractivity contribution in [2.45, 2.75) is 13.5 Å². The van der Waals surface area contributed by atoms with Crippen molar-refractivity contribution >= 4 is 22.5 Å². The Morgan fingerprint density at radius 1 is 1.47 bits per heavy atom. The highest BCUT2D eigenvalue weighted by Crippen LogP contribution is 2.28. The lowest BCUT2D eigenvalue weighted by Gasteiger charge is -2.05. The van der Waals surface area contributed by atoms with Crippen LogP contribution >= 0.6 is 0 Å². The molecule has 0 saturated carbocycles. The number of anilines is 1. The molecule has 0 aliphatic carbocycles. The van der Waals surface area contributed by atoms with Crippen LogP contribution in [0.3, 0.4) is 0 Å². The van der Waals surface area contributed by atoms with E-state index in [1.165, 1.54) is 29.8 Å². The molecule has 2 N–H and O–H groups in total. The maximum atomic E-state index is 12.1. The Hall–Kier alpha value is -2.11. The molecule has 2 rings (SSSR count). The van der Waals surface area contributed by atoms with Crippen molar-refractivity contribution in [2.75, 3.05) is 5.73 Å². The fourth-order valence-electron chi connectivity index (χ4n) is 1.67. The van der Waals surface area contributed by atoms with Crippen LogP contribution in [-0.4, -0.2) is 17.1 Å². The third-order valence-corrected chi connectivity index (χ3v) is 2.37.